The molecule has 1 aliphatic rings. The SMILES string of the molecule is NC(=O)c1sc(Oc2ccc(N)nc2)c2c1CCc1cnsc1-2. The molecule has 0 aliphatic heterocycles. The first kappa shape index (κ1) is 14.2. The van der Waals surface area contributed by atoms with E-state index in [1.54, 1.807) is 18.3 Å². The highest BCUT2D eigenvalue weighted by Crippen LogP contribution is 2.49. The number of fused-ring (bicyclic) bond motifs is 3. The number of hydrogen-bond donors (Lipinski definition) is 2. The summed E-state index contributed by atoms with van der Waals surface area (Å²) in [7, 11) is 0. The Morgan fingerprint density at radius 3 is 2.87 bits per heavy atom. The Labute approximate surface area is 139 Å². The number of rotatable bonds is 3. The third-order valence-corrected chi connectivity index (χ3v) is 5.67. The maximum atomic E-state index is 11.8. The van der Waals surface area contributed by atoms with Gasteiger partial charge in [-0.1, -0.05) is 11.3 Å². The molecule has 3 aromatic rings. The fraction of sp³-hybridized carbons (Fsp3) is 0.133. The zero-order chi connectivity index (χ0) is 16.0. The average Bonchev–Trinajstić information content (AvgIpc) is 3.13. The number of hydrogen-bond acceptors (Lipinski definition) is 7. The van der Waals surface area contributed by atoms with E-state index in [2.05, 4.69) is 9.36 Å². The lowest BCUT2D eigenvalue weighted by Crippen LogP contribution is -2.12. The van der Waals surface area contributed by atoms with Gasteiger partial charge in [-0.05, 0) is 47.6 Å². The van der Waals surface area contributed by atoms with Crippen molar-refractivity contribution in [2.24, 2.45) is 5.73 Å². The number of carbonyl (C=O) groups is 1. The molecule has 0 unspecified atom stereocenters. The third kappa shape index (κ3) is 2.36. The lowest BCUT2D eigenvalue weighted by molar-refractivity contribution is 0.100. The number of anilines is 1. The van der Waals surface area contributed by atoms with Crippen LogP contribution in [0, 0.1) is 0 Å². The number of carbonyl (C=O) groups excluding carboxylic acids is 1. The van der Waals surface area contributed by atoms with Crippen LogP contribution in [0.5, 0.6) is 10.8 Å². The van der Waals surface area contributed by atoms with Crippen molar-refractivity contribution in [3.8, 4) is 21.3 Å². The minimum absolute atomic E-state index is 0.424. The zero-order valence-corrected chi connectivity index (χ0v) is 13.5. The predicted octanol–water partition coefficient (Wildman–Crippen LogP) is 2.84. The van der Waals surface area contributed by atoms with Crippen molar-refractivity contribution in [3.63, 3.8) is 0 Å². The second-order valence-corrected chi connectivity index (χ2v) is 6.92. The molecule has 0 saturated heterocycles. The predicted molar refractivity (Wildman–Crippen MR) is 90.1 cm³/mol. The molecule has 0 bridgehead atoms. The van der Waals surface area contributed by atoms with Crippen LogP contribution in [0.2, 0.25) is 0 Å². The topological polar surface area (TPSA) is 104 Å². The van der Waals surface area contributed by atoms with Crippen LogP contribution in [0.4, 0.5) is 5.82 Å². The molecule has 0 fully saturated rings. The van der Waals surface area contributed by atoms with E-state index in [1.807, 2.05) is 6.20 Å². The Hall–Kier alpha value is -2.45. The monoisotopic (exact) mass is 344 g/mol. The van der Waals surface area contributed by atoms with E-state index in [0.29, 0.717) is 21.5 Å². The van der Waals surface area contributed by atoms with Crippen molar-refractivity contribution in [1.29, 1.82) is 0 Å². The molecular formula is C15H12N4O2S2. The molecule has 116 valence electrons. The van der Waals surface area contributed by atoms with Gasteiger partial charge in [-0.2, -0.15) is 0 Å². The molecule has 8 heteroatoms. The molecule has 0 atom stereocenters. The average molecular weight is 344 g/mol. The van der Waals surface area contributed by atoms with E-state index in [9.17, 15) is 4.79 Å². The van der Waals surface area contributed by atoms with Crippen LogP contribution in [0.3, 0.4) is 0 Å². The van der Waals surface area contributed by atoms with Gasteiger partial charge in [0, 0.05) is 6.20 Å². The standard InChI is InChI=1S/C15H12N4O2S2/c16-10-4-2-8(6-18-10)21-15-11-9(13(22-15)14(17)20)3-1-7-5-19-23-12(7)11/h2,4-6H,1,3H2,(H2,16,18)(H2,17,20). The normalized spacial score (nSPS) is 12.5. The maximum Gasteiger partial charge on any atom is 0.259 e. The number of pyridine rings is 1. The van der Waals surface area contributed by atoms with E-state index in [1.165, 1.54) is 28.4 Å². The Morgan fingerprint density at radius 1 is 1.26 bits per heavy atom. The summed E-state index contributed by atoms with van der Waals surface area (Å²) >= 11 is 2.68. The summed E-state index contributed by atoms with van der Waals surface area (Å²) < 4.78 is 10.2. The second kappa shape index (κ2) is 5.32. The van der Waals surface area contributed by atoms with Crippen LogP contribution in [-0.2, 0) is 12.8 Å². The highest BCUT2D eigenvalue weighted by Gasteiger charge is 2.29. The van der Waals surface area contributed by atoms with Gasteiger partial charge in [0.25, 0.3) is 5.91 Å². The Morgan fingerprint density at radius 2 is 2.13 bits per heavy atom. The molecule has 0 saturated carbocycles. The molecule has 0 spiro atoms. The molecule has 3 heterocycles. The Kier molecular flexibility index (Phi) is 3.28. The van der Waals surface area contributed by atoms with E-state index >= 15 is 0 Å². The first-order valence-electron chi connectivity index (χ1n) is 6.92. The number of amides is 1. The van der Waals surface area contributed by atoms with Gasteiger partial charge in [0.2, 0.25) is 0 Å². The molecular weight excluding hydrogens is 332 g/mol. The molecule has 1 aliphatic carbocycles. The third-order valence-electron chi connectivity index (χ3n) is 3.68. The summed E-state index contributed by atoms with van der Waals surface area (Å²) in [4.78, 5) is 17.4. The zero-order valence-electron chi connectivity index (χ0n) is 11.9. The highest BCUT2D eigenvalue weighted by molar-refractivity contribution is 7.17. The number of aromatic nitrogens is 2. The molecule has 1 amide bonds. The number of thiophene rings is 1. The van der Waals surface area contributed by atoms with Crippen molar-refractivity contribution < 1.29 is 9.53 Å². The summed E-state index contributed by atoms with van der Waals surface area (Å²) in [5, 5.41) is 0.644. The van der Waals surface area contributed by atoms with Crippen LogP contribution >= 0.6 is 22.9 Å². The van der Waals surface area contributed by atoms with Crippen molar-refractivity contribution in [3.05, 3.63) is 40.5 Å². The van der Waals surface area contributed by atoms with Crippen LogP contribution in [0.1, 0.15) is 20.8 Å². The minimum atomic E-state index is -0.426. The van der Waals surface area contributed by atoms with Crippen molar-refractivity contribution in [1.82, 2.24) is 9.36 Å². The van der Waals surface area contributed by atoms with E-state index in [0.717, 1.165) is 28.8 Å². The minimum Gasteiger partial charge on any atom is -0.444 e. The lowest BCUT2D eigenvalue weighted by Gasteiger charge is -2.13. The number of nitrogen functional groups attached to an aromatic ring is 1. The van der Waals surface area contributed by atoms with Gasteiger partial charge in [-0.3, -0.25) is 4.79 Å². The van der Waals surface area contributed by atoms with Gasteiger partial charge in [0.15, 0.2) is 5.06 Å². The number of nitrogens with zero attached hydrogens (tertiary/aromatic N) is 2. The van der Waals surface area contributed by atoms with E-state index < -0.39 is 5.91 Å². The summed E-state index contributed by atoms with van der Waals surface area (Å²) in [6.45, 7) is 0. The summed E-state index contributed by atoms with van der Waals surface area (Å²) in [6, 6.07) is 3.41. The van der Waals surface area contributed by atoms with Crippen molar-refractivity contribution in [2.75, 3.05) is 5.73 Å². The summed E-state index contributed by atoms with van der Waals surface area (Å²) in [6.07, 6.45) is 5.05. The van der Waals surface area contributed by atoms with Crippen LogP contribution < -0.4 is 16.2 Å². The van der Waals surface area contributed by atoms with Crippen molar-refractivity contribution >= 4 is 34.6 Å². The molecule has 23 heavy (non-hydrogen) atoms. The van der Waals surface area contributed by atoms with Crippen LogP contribution in [-0.4, -0.2) is 15.3 Å². The molecule has 4 N–H and O–H groups in total. The van der Waals surface area contributed by atoms with Crippen LogP contribution in [0.15, 0.2) is 24.5 Å². The van der Waals surface area contributed by atoms with E-state index in [-0.39, 0.29) is 0 Å². The highest BCUT2D eigenvalue weighted by atomic mass is 32.1. The van der Waals surface area contributed by atoms with Gasteiger partial charge in [-0.25, -0.2) is 9.36 Å². The number of ether oxygens (including phenoxy) is 1. The van der Waals surface area contributed by atoms with Gasteiger partial charge >= 0.3 is 0 Å². The van der Waals surface area contributed by atoms with Gasteiger partial charge < -0.3 is 16.2 Å². The first-order valence-corrected chi connectivity index (χ1v) is 8.51. The molecule has 4 rings (SSSR count). The molecule has 6 nitrogen and oxygen atoms in total. The lowest BCUT2D eigenvalue weighted by atomic mass is 9.93. The Bertz CT molecular complexity index is 899. The largest absolute Gasteiger partial charge is 0.444 e. The number of nitrogens with two attached hydrogens (primary N) is 2. The fourth-order valence-corrected chi connectivity index (χ4v) is 4.65. The number of primary amides is 1. The summed E-state index contributed by atoms with van der Waals surface area (Å²) in [5.74, 6) is 0.563. The Balaban J connectivity index is 1.84. The van der Waals surface area contributed by atoms with Gasteiger partial charge in [0.1, 0.15) is 11.6 Å². The molecule has 3 aromatic heterocycles. The van der Waals surface area contributed by atoms with Gasteiger partial charge in [-0.15, -0.1) is 0 Å². The number of aryl methyl sites for hydroxylation is 1. The maximum absolute atomic E-state index is 11.8. The van der Waals surface area contributed by atoms with Gasteiger partial charge in [0.05, 0.1) is 21.5 Å². The first-order chi connectivity index (χ1) is 11.1. The van der Waals surface area contributed by atoms with Crippen LogP contribution in [0.25, 0.3) is 10.4 Å². The quantitative estimate of drug-likeness (QED) is 0.760. The van der Waals surface area contributed by atoms with E-state index in [4.69, 9.17) is 16.2 Å². The fourth-order valence-electron chi connectivity index (χ4n) is 2.64. The molecule has 0 aromatic carbocycles. The van der Waals surface area contributed by atoms with Crippen molar-refractivity contribution in [2.45, 2.75) is 12.8 Å². The molecule has 0 radical (unpaired) electrons. The summed E-state index contributed by atoms with van der Waals surface area (Å²) in [5.41, 5.74) is 14.2. The second-order valence-electron chi connectivity index (χ2n) is 5.14. The smallest absolute Gasteiger partial charge is 0.259 e.